The molecule has 0 fully saturated rings. The van der Waals surface area contributed by atoms with Crippen molar-refractivity contribution in [1.82, 2.24) is 8.96 Å². The molecule has 7 heteroatoms. The van der Waals surface area contributed by atoms with Crippen LogP contribution in [0, 0.1) is 12.7 Å². The van der Waals surface area contributed by atoms with Crippen LogP contribution in [0.5, 0.6) is 0 Å². The van der Waals surface area contributed by atoms with Crippen LogP contribution >= 0.6 is 15.9 Å². The van der Waals surface area contributed by atoms with E-state index >= 15 is 0 Å². The minimum Gasteiger partial charge on any atom is -0.241 e. The SMILES string of the molecule is Cc1nccn1S(=O)(=O)c1ccc(F)cc1Br. The molecular formula is C10H8BrFN2O2S. The molecule has 90 valence electrons. The maximum Gasteiger partial charge on any atom is 0.270 e. The number of nitrogens with zero attached hydrogens (tertiary/aromatic N) is 2. The van der Waals surface area contributed by atoms with E-state index in [2.05, 4.69) is 20.9 Å². The van der Waals surface area contributed by atoms with Gasteiger partial charge in [0.25, 0.3) is 10.0 Å². The third-order valence-corrected chi connectivity index (χ3v) is 4.95. The molecule has 0 aliphatic carbocycles. The summed E-state index contributed by atoms with van der Waals surface area (Å²) in [7, 11) is -3.73. The highest BCUT2D eigenvalue weighted by molar-refractivity contribution is 9.10. The van der Waals surface area contributed by atoms with Crippen LogP contribution in [0.4, 0.5) is 4.39 Å². The van der Waals surface area contributed by atoms with Gasteiger partial charge < -0.3 is 0 Å². The first-order valence-corrected chi connectivity index (χ1v) is 6.87. The Kier molecular flexibility index (Phi) is 3.05. The first-order chi connectivity index (χ1) is 7.93. The van der Waals surface area contributed by atoms with E-state index in [1.807, 2.05) is 0 Å². The average Bonchev–Trinajstić information content (AvgIpc) is 2.64. The largest absolute Gasteiger partial charge is 0.270 e. The Labute approximate surface area is 106 Å². The fraction of sp³-hybridized carbons (Fsp3) is 0.100. The highest BCUT2D eigenvalue weighted by Crippen LogP contribution is 2.25. The summed E-state index contributed by atoms with van der Waals surface area (Å²) in [6, 6.07) is 3.43. The number of rotatable bonds is 2. The van der Waals surface area contributed by atoms with Gasteiger partial charge in [-0.05, 0) is 41.1 Å². The molecule has 0 amide bonds. The Hall–Kier alpha value is -1.21. The molecule has 2 rings (SSSR count). The number of hydrogen-bond donors (Lipinski definition) is 0. The van der Waals surface area contributed by atoms with Crippen LogP contribution in [0.25, 0.3) is 0 Å². The molecule has 0 aliphatic rings. The lowest BCUT2D eigenvalue weighted by molar-refractivity contribution is 0.584. The van der Waals surface area contributed by atoms with Crippen molar-refractivity contribution in [3.8, 4) is 0 Å². The fourth-order valence-corrected chi connectivity index (χ4v) is 3.74. The molecule has 1 heterocycles. The van der Waals surface area contributed by atoms with Crippen LogP contribution in [0.1, 0.15) is 5.82 Å². The molecule has 17 heavy (non-hydrogen) atoms. The molecule has 0 unspecified atom stereocenters. The summed E-state index contributed by atoms with van der Waals surface area (Å²) >= 11 is 3.04. The monoisotopic (exact) mass is 318 g/mol. The first kappa shape index (κ1) is 12.3. The quantitative estimate of drug-likeness (QED) is 0.854. The van der Waals surface area contributed by atoms with E-state index in [0.717, 1.165) is 16.1 Å². The predicted octanol–water partition coefficient (Wildman–Crippen LogP) is 2.33. The van der Waals surface area contributed by atoms with Crippen molar-refractivity contribution in [2.75, 3.05) is 0 Å². The summed E-state index contributed by atoms with van der Waals surface area (Å²) in [6.07, 6.45) is 2.74. The van der Waals surface area contributed by atoms with E-state index in [1.165, 1.54) is 18.5 Å². The number of aryl methyl sites for hydroxylation is 1. The topological polar surface area (TPSA) is 52.0 Å². The number of hydrogen-bond acceptors (Lipinski definition) is 3. The van der Waals surface area contributed by atoms with Crippen molar-refractivity contribution in [1.29, 1.82) is 0 Å². The second-order valence-electron chi connectivity index (χ2n) is 3.35. The minimum atomic E-state index is -3.73. The van der Waals surface area contributed by atoms with Crippen LogP contribution in [-0.4, -0.2) is 17.4 Å². The van der Waals surface area contributed by atoms with Gasteiger partial charge in [0, 0.05) is 16.9 Å². The van der Waals surface area contributed by atoms with Crippen molar-refractivity contribution in [2.24, 2.45) is 0 Å². The minimum absolute atomic E-state index is 0.000000000000000222. The third kappa shape index (κ3) is 2.12. The van der Waals surface area contributed by atoms with E-state index in [0.29, 0.717) is 5.82 Å². The van der Waals surface area contributed by atoms with Gasteiger partial charge in [0.15, 0.2) is 0 Å². The maximum atomic E-state index is 12.9. The van der Waals surface area contributed by atoms with E-state index in [9.17, 15) is 12.8 Å². The molecular weight excluding hydrogens is 311 g/mol. The maximum absolute atomic E-state index is 12.9. The van der Waals surface area contributed by atoms with Crippen LogP contribution < -0.4 is 0 Å². The summed E-state index contributed by atoms with van der Waals surface area (Å²) in [5.41, 5.74) is 0. The van der Waals surface area contributed by atoms with Crippen LogP contribution in [0.15, 0.2) is 40.0 Å². The van der Waals surface area contributed by atoms with Crippen molar-refractivity contribution in [3.05, 3.63) is 46.7 Å². The highest BCUT2D eigenvalue weighted by atomic mass is 79.9. The molecule has 0 radical (unpaired) electrons. The molecule has 0 saturated carbocycles. The number of benzene rings is 1. The number of imidazole rings is 1. The van der Waals surface area contributed by atoms with Gasteiger partial charge in [-0.2, -0.15) is 0 Å². The molecule has 0 N–H and O–H groups in total. The molecule has 1 aromatic heterocycles. The van der Waals surface area contributed by atoms with Gasteiger partial charge in [-0.15, -0.1) is 0 Å². The predicted molar refractivity (Wildman–Crippen MR) is 63.6 cm³/mol. The number of halogens is 2. The lowest BCUT2D eigenvalue weighted by Gasteiger charge is -2.08. The smallest absolute Gasteiger partial charge is 0.241 e. The molecule has 4 nitrogen and oxygen atoms in total. The van der Waals surface area contributed by atoms with E-state index in [4.69, 9.17) is 0 Å². The molecule has 0 saturated heterocycles. The number of aromatic nitrogens is 2. The average molecular weight is 319 g/mol. The van der Waals surface area contributed by atoms with E-state index < -0.39 is 15.8 Å². The Morgan fingerprint density at radius 2 is 2.12 bits per heavy atom. The summed E-state index contributed by atoms with van der Waals surface area (Å²) < 4.78 is 38.6. The summed E-state index contributed by atoms with van der Waals surface area (Å²) in [6.45, 7) is 1.58. The van der Waals surface area contributed by atoms with E-state index in [1.54, 1.807) is 6.92 Å². The summed E-state index contributed by atoms with van der Waals surface area (Å²) in [5.74, 6) is -0.153. The Morgan fingerprint density at radius 3 is 2.65 bits per heavy atom. The van der Waals surface area contributed by atoms with Crippen LogP contribution in [0.3, 0.4) is 0 Å². The standard InChI is InChI=1S/C10H8BrFN2O2S/c1-7-13-4-5-14(7)17(15,16)10-3-2-8(12)6-9(10)11/h2-6H,1H3. The lowest BCUT2D eigenvalue weighted by Crippen LogP contribution is -2.14. The van der Waals surface area contributed by atoms with Crippen molar-refractivity contribution < 1.29 is 12.8 Å². The van der Waals surface area contributed by atoms with Gasteiger partial charge in [-0.25, -0.2) is 21.8 Å². The van der Waals surface area contributed by atoms with Crippen LogP contribution in [0.2, 0.25) is 0 Å². The summed E-state index contributed by atoms with van der Waals surface area (Å²) in [5, 5.41) is 0. The second-order valence-corrected chi connectivity index (χ2v) is 5.99. The fourth-order valence-electron chi connectivity index (χ4n) is 1.41. The molecule has 0 aliphatic heterocycles. The third-order valence-electron chi connectivity index (χ3n) is 2.21. The zero-order valence-corrected chi connectivity index (χ0v) is 11.2. The van der Waals surface area contributed by atoms with Crippen molar-refractivity contribution in [3.63, 3.8) is 0 Å². The Bertz CT molecular complexity index is 667. The Balaban J connectivity index is 2.65. The van der Waals surface area contributed by atoms with Gasteiger partial charge >= 0.3 is 0 Å². The van der Waals surface area contributed by atoms with Gasteiger partial charge in [0.1, 0.15) is 16.5 Å². The molecule has 0 spiro atoms. The van der Waals surface area contributed by atoms with Gasteiger partial charge in [-0.1, -0.05) is 0 Å². The molecule has 2 aromatic rings. The van der Waals surface area contributed by atoms with Gasteiger partial charge in [-0.3, -0.25) is 0 Å². The molecule has 0 atom stereocenters. The first-order valence-electron chi connectivity index (χ1n) is 4.63. The van der Waals surface area contributed by atoms with Crippen molar-refractivity contribution in [2.45, 2.75) is 11.8 Å². The second kappa shape index (κ2) is 4.23. The lowest BCUT2D eigenvalue weighted by atomic mass is 10.3. The highest BCUT2D eigenvalue weighted by Gasteiger charge is 2.21. The normalized spacial score (nSPS) is 11.7. The Morgan fingerprint density at radius 1 is 1.41 bits per heavy atom. The molecule has 1 aromatic carbocycles. The summed E-state index contributed by atoms with van der Waals surface area (Å²) in [4.78, 5) is 3.85. The van der Waals surface area contributed by atoms with Crippen LogP contribution in [-0.2, 0) is 10.0 Å². The van der Waals surface area contributed by atoms with E-state index in [-0.39, 0.29) is 9.37 Å². The van der Waals surface area contributed by atoms with Gasteiger partial charge in [0.05, 0.1) is 0 Å². The zero-order chi connectivity index (χ0) is 12.6. The zero-order valence-electron chi connectivity index (χ0n) is 8.76. The van der Waals surface area contributed by atoms with Gasteiger partial charge in [0.2, 0.25) is 0 Å². The van der Waals surface area contributed by atoms with Crippen molar-refractivity contribution >= 4 is 26.0 Å². The molecule has 0 bridgehead atoms.